The zero-order valence-corrected chi connectivity index (χ0v) is 16.0. The molecular formula is C16H12BrIN2OS. The second-order valence-corrected chi connectivity index (χ2v) is 7.55. The smallest absolute Gasteiger partial charge is 0.256 e. The predicted molar refractivity (Wildman–Crippen MR) is 102 cm³/mol. The number of nitrogens with one attached hydrogen (secondary N) is 1. The Labute approximate surface area is 155 Å². The summed E-state index contributed by atoms with van der Waals surface area (Å²) in [7, 11) is 0. The predicted octanol–water partition coefficient (Wildman–Crippen LogP) is 5.31. The van der Waals surface area contributed by atoms with Crippen molar-refractivity contribution in [1.29, 1.82) is 5.26 Å². The van der Waals surface area contributed by atoms with Crippen LogP contribution in [0.2, 0.25) is 0 Å². The fourth-order valence-corrected chi connectivity index (χ4v) is 3.57. The maximum absolute atomic E-state index is 12.5. The Morgan fingerprint density at radius 1 is 1.32 bits per heavy atom. The second kappa shape index (κ2) is 8.56. The molecule has 1 amide bonds. The van der Waals surface area contributed by atoms with Gasteiger partial charge in [-0.15, -0.1) is 11.8 Å². The summed E-state index contributed by atoms with van der Waals surface area (Å²) in [6.45, 7) is 0. The summed E-state index contributed by atoms with van der Waals surface area (Å²) in [5.74, 6) is 0.566. The number of anilines is 1. The molecule has 0 aliphatic heterocycles. The van der Waals surface area contributed by atoms with Gasteiger partial charge >= 0.3 is 0 Å². The SMILES string of the molecule is N#CCCSc1ccccc1NC(=O)c1cc(Br)ccc1I. The summed E-state index contributed by atoms with van der Waals surface area (Å²) in [5.41, 5.74) is 1.40. The summed E-state index contributed by atoms with van der Waals surface area (Å²) < 4.78 is 1.77. The normalized spacial score (nSPS) is 10.0. The Kier molecular flexibility index (Phi) is 6.73. The average Bonchev–Trinajstić information content (AvgIpc) is 2.51. The Morgan fingerprint density at radius 2 is 2.09 bits per heavy atom. The van der Waals surface area contributed by atoms with E-state index in [0.717, 1.165) is 18.6 Å². The van der Waals surface area contributed by atoms with Crippen LogP contribution in [-0.4, -0.2) is 11.7 Å². The number of carbonyl (C=O) groups excluding carboxylic acids is 1. The molecule has 2 rings (SSSR count). The standard InChI is InChI=1S/C16H12BrIN2OS/c17-11-6-7-13(18)12(10-11)16(21)20-14-4-1-2-5-15(14)22-9-3-8-19/h1-2,4-7,10H,3,9H2,(H,20,21). The lowest BCUT2D eigenvalue weighted by atomic mass is 10.2. The van der Waals surface area contributed by atoms with Gasteiger partial charge in [0.2, 0.25) is 0 Å². The Morgan fingerprint density at radius 3 is 2.86 bits per heavy atom. The number of thioether (sulfide) groups is 1. The van der Waals surface area contributed by atoms with Crippen LogP contribution >= 0.6 is 50.3 Å². The van der Waals surface area contributed by atoms with E-state index < -0.39 is 0 Å². The quantitative estimate of drug-likeness (QED) is 0.354. The molecule has 3 nitrogen and oxygen atoms in total. The number of para-hydroxylation sites is 1. The zero-order valence-electron chi connectivity index (χ0n) is 11.5. The van der Waals surface area contributed by atoms with Crippen LogP contribution < -0.4 is 5.32 Å². The molecule has 0 aliphatic rings. The second-order valence-electron chi connectivity index (χ2n) is 4.33. The summed E-state index contributed by atoms with van der Waals surface area (Å²) in [5, 5.41) is 11.6. The summed E-state index contributed by atoms with van der Waals surface area (Å²) in [6, 6.07) is 15.4. The highest BCUT2D eigenvalue weighted by Gasteiger charge is 2.12. The molecule has 0 bridgehead atoms. The third kappa shape index (κ3) is 4.73. The van der Waals surface area contributed by atoms with E-state index in [9.17, 15) is 4.79 Å². The topological polar surface area (TPSA) is 52.9 Å². The molecule has 0 saturated heterocycles. The van der Waals surface area contributed by atoms with Crippen LogP contribution in [0.1, 0.15) is 16.8 Å². The van der Waals surface area contributed by atoms with Crippen molar-refractivity contribution in [2.45, 2.75) is 11.3 Å². The van der Waals surface area contributed by atoms with Crippen molar-refractivity contribution in [1.82, 2.24) is 0 Å². The lowest BCUT2D eigenvalue weighted by Crippen LogP contribution is -2.14. The van der Waals surface area contributed by atoms with Gasteiger partial charge in [-0.05, 0) is 52.9 Å². The number of hydrogen-bond acceptors (Lipinski definition) is 3. The highest BCUT2D eigenvalue weighted by atomic mass is 127. The van der Waals surface area contributed by atoms with E-state index in [2.05, 4.69) is 49.9 Å². The molecule has 2 aromatic carbocycles. The van der Waals surface area contributed by atoms with Crippen molar-refractivity contribution < 1.29 is 4.79 Å². The third-order valence-electron chi connectivity index (χ3n) is 2.78. The lowest BCUT2D eigenvalue weighted by Gasteiger charge is -2.11. The fourth-order valence-electron chi connectivity index (χ4n) is 1.76. The van der Waals surface area contributed by atoms with Gasteiger partial charge in [0.1, 0.15) is 0 Å². The van der Waals surface area contributed by atoms with Crippen molar-refractivity contribution >= 4 is 61.9 Å². The molecule has 1 N–H and O–H groups in total. The van der Waals surface area contributed by atoms with Crippen molar-refractivity contribution in [3.63, 3.8) is 0 Å². The molecule has 0 aliphatic carbocycles. The first-order valence-corrected chi connectivity index (χ1v) is 9.32. The Balaban J connectivity index is 2.18. The first-order chi connectivity index (χ1) is 10.6. The van der Waals surface area contributed by atoms with Gasteiger partial charge in [-0.1, -0.05) is 28.1 Å². The van der Waals surface area contributed by atoms with Gasteiger partial charge in [-0.25, -0.2) is 0 Å². The van der Waals surface area contributed by atoms with Crippen LogP contribution in [0.3, 0.4) is 0 Å². The number of amides is 1. The minimum absolute atomic E-state index is 0.140. The maximum Gasteiger partial charge on any atom is 0.256 e. The van der Waals surface area contributed by atoms with E-state index in [0.29, 0.717) is 17.7 Å². The molecule has 2 aromatic rings. The summed E-state index contributed by atoms with van der Waals surface area (Å²) >= 11 is 7.10. The monoisotopic (exact) mass is 486 g/mol. The Bertz CT molecular complexity index is 730. The molecule has 0 saturated carbocycles. The van der Waals surface area contributed by atoms with Gasteiger partial charge in [-0.2, -0.15) is 5.26 Å². The molecule has 0 spiro atoms. The van der Waals surface area contributed by atoms with Crippen molar-refractivity contribution in [3.05, 3.63) is 56.1 Å². The molecule has 0 aromatic heterocycles. The van der Waals surface area contributed by atoms with Gasteiger partial charge in [-0.3, -0.25) is 4.79 Å². The fraction of sp³-hybridized carbons (Fsp3) is 0.125. The number of hydrogen-bond donors (Lipinski definition) is 1. The number of benzene rings is 2. The van der Waals surface area contributed by atoms with E-state index in [1.807, 2.05) is 42.5 Å². The van der Waals surface area contributed by atoms with Crippen LogP contribution in [0, 0.1) is 14.9 Å². The first-order valence-electron chi connectivity index (χ1n) is 6.47. The van der Waals surface area contributed by atoms with E-state index in [4.69, 9.17) is 5.26 Å². The third-order valence-corrected chi connectivity index (χ3v) is 5.29. The van der Waals surface area contributed by atoms with E-state index in [1.165, 1.54) is 0 Å². The highest BCUT2D eigenvalue weighted by molar-refractivity contribution is 14.1. The molecule has 22 heavy (non-hydrogen) atoms. The number of nitrogens with zero attached hydrogens (tertiary/aromatic N) is 1. The largest absolute Gasteiger partial charge is 0.321 e. The van der Waals surface area contributed by atoms with Crippen LogP contribution in [0.4, 0.5) is 5.69 Å². The Hall–Kier alpha value is -1.04. The van der Waals surface area contributed by atoms with Crippen LogP contribution in [0.25, 0.3) is 0 Å². The van der Waals surface area contributed by atoms with Crippen LogP contribution in [0.5, 0.6) is 0 Å². The molecule has 0 heterocycles. The summed E-state index contributed by atoms with van der Waals surface area (Å²) in [4.78, 5) is 13.4. The molecule has 6 heteroatoms. The number of rotatable bonds is 5. The van der Waals surface area contributed by atoms with Gasteiger partial charge in [0, 0.05) is 25.1 Å². The minimum Gasteiger partial charge on any atom is -0.321 e. The van der Waals surface area contributed by atoms with Crippen molar-refractivity contribution in [2.75, 3.05) is 11.1 Å². The van der Waals surface area contributed by atoms with Gasteiger partial charge in [0.25, 0.3) is 5.91 Å². The number of nitriles is 1. The molecule has 0 unspecified atom stereocenters. The highest BCUT2D eigenvalue weighted by Crippen LogP contribution is 2.28. The molecule has 112 valence electrons. The zero-order chi connectivity index (χ0) is 15.9. The first kappa shape index (κ1) is 17.3. The van der Waals surface area contributed by atoms with Crippen LogP contribution in [-0.2, 0) is 0 Å². The molecular weight excluding hydrogens is 475 g/mol. The van der Waals surface area contributed by atoms with Crippen LogP contribution in [0.15, 0.2) is 51.8 Å². The van der Waals surface area contributed by atoms with Crippen molar-refractivity contribution in [3.8, 4) is 6.07 Å². The minimum atomic E-state index is -0.140. The van der Waals surface area contributed by atoms with E-state index in [1.54, 1.807) is 11.8 Å². The van der Waals surface area contributed by atoms with E-state index in [-0.39, 0.29) is 5.91 Å². The maximum atomic E-state index is 12.5. The van der Waals surface area contributed by atoms with E-state index >= 15 is 0 Å². The molecule has 0 fully saturated rings. The summed E-state index contributed by atoms with van der Waals surface area (Å²) in [6.07, 6.45) is 0.483. The average molecular weight is 487 g/mol. The number of halogens is 2. The molecule has 0 atom stereocenters. The van der Waals surface area contributed by atoms with Crippen molar-refractivity contribution in [2.24, 2.45) is 0 Å². The van der Waals surface area contributed by atoms with Gasteiger partial charge in [0.15, 0.2) is 0 Å². The van der Waals surface area contributed by atoms with Gasteiger partial charge < -0.3 is 5.32 Å². The molecule has 0 radical (unpaired) electrons. The lowest BCUT2D eigenvalue weighted by molar-refractivity contribution is 0.102. The van der Waals surface area contributed by atoms with Gasteiger partial charge in [0.05, 0.1) is 17.3 Å². The number of carbonyl (C=O) groups is 1.